The standard InChI is InChI=1S/2C11H12O5/c2*1-8(12)13-4-5-14-9-2-3-10-11(6-9)16-7-15-10/h2*2-3,6H,4-5,7H2,1H3. The maximum Gasteiger partial charge on any atom is 0.302 e. The van der Waals surface area contributed by atoms with Crippen molar-refractivity contribution in [3.05, 3.63) is 36.4 Å². The summed E-state index contributed by atoms with van der Waals surface area (Å²) in [4.78, 5) is 21.0. The van der Waals surface area contributed by atoms with Gasteiger partial charge >= 0.3 is 11.9 Å². The molecular weight excluding hydrogens is 424 g/mol. The first kappa shape index (κ1) is 22.9. The van der Waals surface area contributed by atoms with E-state index in [-0.39, 0.29) is 38.7 Å². The summed E-state index contributed by atoms with van der Waals surface area (Å²) in [6, 6.07) is 10.6. The number of fused-ring (bicyclic) bond motifs is 2. The molecule has 32 heavy (non-hydrogen) atoms. The van der Waals surface area contributed by atoms with Gasteiger partial charge in [-0.1, -0.05) is 0 Å². The molecule has 0 saturated carbocycles. The Hall–Kier alpha value is -3.82. The lowest BCUT2D eigenvalue weighted by molar-refractivity contribution is -0.142. The van der Waals surface area contributed by atoms with E-state index in [1.165, 1.54) is 13.8 Å². The Labute approximate surface area is 184 Å². The third-order valence-corrected chi connectivity index (χ3v) is 4.00. The average Bonchev–Trinajstić information content (AvgIpc) is 3.43. The van der Waals surface area contributed by atoms with Gasteiger partial charge in [0.05, 0.1) is 0 Å². The minimum absolute atomic E-state index is 0.240. The maximum atomic E-state index is 10.5. The van der Waals surface area contributed by atoms with E-state index in [1.807, 2.05) is 0 Å². The second-order valence-corrected chi connectivity index (χ2v) is 6.41. The van der Waals surface area contributed by atoms with Crippen molar-refractivity contribution in [2.75, 3.05) is 40.0 Å². The lowest BCUT2D eigenvalue weighted by atomic mass is 10.3. The fraction of sp³-hybridized carbons (Fsp3) is 0.364. The second-order valence-electron chi connectivity index (χ2n) is 6.41. The van der Waals surface area contributed by atoms with Crippen LogP contribution in [0.4, 0.5) is 0 Å². The Bertz CT molecular complexity index is 851. The number of benzene rings is 2. The lowest BCUT2D eigenvalue weighted by Gasteiger charge is -2.06. The van der Waals surface area contributed by atoms with E-state index in [2.05, 4.69) is 0 Å². The Morgan fingerprint density at radius 2 is 1.06 bits per heavy atom. The van der Waals surface area contributed by atoms with Crippen molar-refractivity contribution in [1.29, 1.82) is 0 Å². The van der Waals surface area contributed by atoms with E-state index in [0.29, 0.717) is 47.7 Å². The Kier molecular flexibility index (Phi) is 8.24. The summed E-state index contributed by atoms with van der Waals surface area (Å²) < 4.78 is 40.9. The molecule has 2 aromatic carbocycles. The molecule has 4 rings (SSSR count). The summed E-state index contributed by atoms with van der Waals surface area (Å²) in [6.07, 6.45) is 0. The molecule has 0 saturated heterocycles. The first-order valence-corrected chi connectivity index (χ1v) is 9.83. The molecule has 172 valence electrons. The highest BCUT2D eigenvalue weighted by Crippen LogP contribution is 2.35. The fourth-order valence-corrected chi connectivity index (χ4v) is 2.62. The predicted octanol–water partition coefficient (Wildman–Crippen LogP) is 2.71. The molecule has 10 heteroatoms. The van der Waals surface area contributed by atoms with Gasteiger partial charge in [0, 0.05) is 26.0 Å². The van der Waals surface area contributed by atoms with E-state index < -0.39 is 0 Å². The van der Waals surface area contributed by atoms with Crippen molar-refractivity contribution >= 4 is 11.9 Å². The minimum atomic E-state index is -0.311. The number of rotatable bonds is 8. The zero-order chi connectivity index (χ0) is 22.8. The quantitative estimate of drug-likeness (QED) is 0.442. The van der Waals surface area contributed by atoms with Crippen LogP contribution >= 0.6 is 0 Å². The van der Waals surface area contributed by atoms with Gasteiger partial charge in [0.2, 0.25) is 13.6 Å². The van der Waals surface area contributed by atoms with E-state index in [1.54, 1.807) is 36.4 Å². The van der Waals surface area contributed by atoms with Crippen LogP contribution in [-0.2, 0) is 19.1 Å². The highest BCUT2D eigenvalue weighted by Gasteiger charge is 2.14. The fourth-order valence-electron chi connectivity index (χ4n) is 2.62. The first-order chi connectivity index (χ1) is 15.5. The van der Waals surface area contributed by atoms with Crippen molar-refractivity contribution in [2.45, 2.75) is 13.8 Å². The van der Waals surface area contributed by atoms with Gasteiger partial charge in [0.1, 0.15) is 37.9 Å². The SMILES string of the molecule is CC(=O)OCCOc1ccc2c(c1)OCO2.CC(=O)OCCOc1ccc2c(c1)OCO2. The number of carbonyl (C=O) groups is 2. The third-order valence-electron chi connectivity index (χ3n) is 4.00. The maximum absolute atomic E-state index is 10.5. The molecule has 2 aromatic rings. The number of ether oxygens (including phenoxy) is 8. The third kappa shape index (κ3) is 7.15. The molecule has 0 atom stereocenters. The molecule has 0 aliphatic carbocycles. The normalized spacial score (nSPS) is 12.3. The Balaban J connectivity index is 0.000000181. The first-order valence-electron chi connectivity index (χ1n) is 9.83. The topological polar surface area (TPSA) is 108 Å². The largest absolute Gasteiger partial charge is 0.490 e. The summed E-state index contributed by atoms with van der Waals surface area (Å²) in [5, 5.41) is 0. The average molecular weight is 448 g/mol. The molecule has 0 fully saturated rings. The number of esters is 2. The van der Waals surface area contributed by atoms with Crippen molar-refractivity contribution in [3.63, 3.8) is 0 Å². The molecule has 2 heterocycles. The van der Waals surface area contributed by atoms with Gasteiger partial charge in [-0.25, -0.2) is 0 Å². The van der Waals surface area contributed by atoms with Gasteiger partial charge in [-0.3, -0.25) is 9.59 Å². The number of hydrogen-bond acceptors (Lipinski definition) is 10. The Morgan fingerprint density at radius 3 is 1.47 bits per heavy atom. The van der Waals surface area contributed by atoms with Crippen molar-refractivity contribution in [1.82, 2.24) is 0 Å². The molecule has 0 amide bonds. The van der Waals surface area contributed by atoms with Crippen LogP contribution in [0.1, 0.15) is 13.8 Å². The molecule has 0 unspecified atom stereocenters. The van der Waals surface area contributed by atoms with Crippen molar-refractivity contribution in [3.8, 4) is 34.5 Å². The second kappa shape index (κ2) is 11.5. The van der Waals surface area contributed by atoms with E-state index in [0.717, 1.165) is 0 Å². The van der Waals surface area contributed by atoms with Gasteiger partial charge in [0.25, 0.3) is 0 Å². The summed E-state index contributed by atoms with van der Waals surface area (Å²) in [5.74, 6) is 3.48. The van der Waals surface area contributed by atoms with Crippen LogP contribution in [-0.4, -0.2) is 52.0 Å². The van der Waals surface area contributed by atoms with Crippen LogP contribution in [0.2, 0.25) is 0 Å². The zero-order valence-corrected chi connectivity index (χ0v) is 17.8. The summed E-state index contributed by atoms with van der Waals surface area (Å²) >= 11 is 0. The van der Waals surface area contributed by atoms with Gasteiger partial charge in [-0.05, 0) is 24.3 Å². The molecule has 2 aliphatic rings. The van der Waals surface area contributed by atoms with Crippen molar-refractivity contribution in [2.24, 2.45) is 0 Å². The zero-order valence-electron chi connectivity index (χ0n) is 17.8. The molecule has 2 aliphatic heterocycles. The molecule has 0 N–H and O–H groups in total. The van der Waals surface area contributed by atoms with Crippen LogP contribution in [0.15, 0.2) is 36.4 Å². The Morgan fingerprint density at radius 1 is 0.656 bits per heavy atom. The van der Waals surface area contributed by atoms with Gasteiger partial charge in [-0.15, -0.1) is 0 Å². The van der Waals surface area contributed by atoms with Crippen LogP contribution in [0, 0.1) is 0 Å². The number of hydrogen-bond donors (Lipinski definition) is 0. The summed E-state index contributed by atoms with van der Waals surface area (Å²) in [5.41, 5.74) is 0. The van der Waals surface area contributed by atoms with Crippen LogP contribution in [0.5, 0.6) is 34.5 Å². The van der Waals surface area contributed by atoms with Gasteiger partial charge < -0.3 is 37.9 Å². The van der Waals surface area contributed by atoms with Gasteiger partial charge in [0.15, 0.2) is 23.0 Å². The molecule has 0 bridgehead atoms. The monoisotopic (exact) mass is 448 g/mol. The molecule has 0 aromatic heterocycles. The summed E-state index contributed by atoms with van der Waals surface area (Å²) in [6.45, 7) is 4.33. The highest BCUT2D eigenvalue weighted by molar-refractivity contribution is 5.66. The van der Waals surface area contributed by atoms with Crippen LogP contribution in [0.3, 0.4) is 0 Å². The lowest BCUT2D eigenvalue weighted by Crippen LogP contribution is -2.09. The predicted molar refractivity (Wildman–Crippen MR) is 109 cm³/mol. The smallest absolute Gasteiger partial charge is 0.302 e. The molecule has 10 nitrogen and oxygen atoms in total. The summed E-state index contributed by atoms with van der Waals surface area (Å²) in [7, 11) is 0. The minimum Gasteiger partial charge on any atom is -0.490 e. The van der Waals surface area contributed by atoms with Crippen molar-refractivity contribution < 1.29 is 47.5 Å². The van der Waals surface area contributed by atoms with Crippen LogP contribution in [0.25, 0.3) is 0 Å². The number of carbonyl (C=O) groups excluding carboxylic acids is 2. The van der Waals surface area contributed by atoms with E-state index >= 15 is 0 Å². The highest BCUT2D eigenvalue weighted by atomic mass is 16.7. The van der Waals surface area contributed by atoms with Gasteiger partial charge in [-0.2, -0.15) is 0 Å². The van der Waals surface area contributed by atoms with E-state index in [4.69, 9.17) is 37.9 Å². The van der Waals surface area contributed by atoms with Crippen LogP contribution < -0.4 is 28.4 Å². The van der Waals surface area contributed by atoms with E-state index in [9.17, 15) is 9.59 Å². The molecule has 0 radical (unpaired) electrons. The molecular formula is C22H24O10. The molecule has 0 spiro atoms.